The summed E-state index contributed by atoms with van der Waals surface area (Å²) in [5.41, 5.74) is 5.69. The number of anilines is 1. The number of hydrogen-bond acceptors (Lipinski definition) is 3. The second kappa shape index (κ2) is 4.28. The van der Waals surface area contributed by atoms with Crippen molar-refractivity contribution < 1.29 is 13.9 Å². The van der Waals surface area contributed by atoms with Crippen molar-refractivity contribution in [2.75, 3.05) is 18.7 Å². The topological polar surface area (TPSA) is 52.3 Å². The number of hydrogen-bond donors (Lipinski definition) is 1. The summed E-state index contributed by atoms with van der Waals surface area (Å²) in [7, 11) is 1.31. The molecule has 0 bridgehead atoms. The summed E-state index contributed by atoms with van der Waals surface area (Å²) in [6.07, 6.45) is 0. The number of methoxy groups -OCH3 is 1. The van der Waals surface area contributed by atoms with Crippen molar-refractivity contribution >= 4 is 23.1 Å². The predicted molar refractivity (Wildman–Crippen MR) is 52.4 cm³/mol. The van der Waals surface area contributed by atoms with Crippen molar-refractivity contribution in [3.05, 3.63) is 23.5 Å². The summed E-state index contributed by atoms with van der Waals surface area (Å²) < 4.78 is 17.8. The van der Waals surface area contributed by atoms with Crippen LogP contribution < -0.4 is 10.5 Å². The number of carbonyl (C=O) groups excluding carboxylic acids is 1. The van der Waals surface area contributed by atoms with Crippen LogP contribution in [0.25, 0.3) is 0 Å². The Morgan fingerprint density at radius 1 is 1.64 bits per heavy atom. The maximum atomic E-state index is 13.0. The molecule has 0 saturated heterocycles. The molecule has 0 spiro atoms. The Bertz CT molecular complexity index is 368. The van der Waals surface area contributed by atoms with Gasteiger partial charge in [-0.3, -0.25) is 4.79 Å². The number of carbonyl (C=O) groups is 1. The van der Waals surface area contributed by atoms with Gasteiger partial charge < -0.3 is 10.5 Å². The van der Waals surface area contributed by atoms with E-state index in [0.29, 0.717) is 0 Å². The van der Waals surface area contributed by atoms with Gasteiger partial charge in [0.25, 0.3) is 0 Å². The first-order valence-electron chi connectivity index (χ1n) is 3.82. The summed E-state index contributed by atoms with van der Waals surface area (Å²) in [5, 5.41) is 0. The molecular formula is C9H9ClFNO2. The van der Waals surface area contributed by atoms with Crippen LogP contribution in [-0.2, 0) is 0 Å². The molecule has 3 nitrogen and oxygen atoms in total. The number of halogens is 2. The highest BCUT2D eigenvalue weighted by Gasteiger charge is 2.13. The van der Waals surface area contributed by atoms with Gasteiger partial charge >= 0.3 is 0 Å². The monoisotopic (exact) mass is 217 g/mol. The van der Waals surface area contributed by atoms with Gasteiger partial charge in [0.2, 0.25) is 0 Å². The summed E-state index contributed by atoms with van der Waals surface area (Å²) in [6.45, 7) is 0. The molecule has 0 amide bonds. The number of rotatable bonds is 3. The van der Waals surface area contributed by atoms with Crippen LogP contribution >= 0.6 is 11.6 Å². The zero-order valence-corrected chi connectivity index (χ0v) is 8.27. The number of alkyl halides is 1. The van der Waals surface area contributed by atoms with Gasteiger partial charge in [-0.2, -0.15) is 0 Å². The van der Waals surface area contributed by atoms with E-state index in [0.717, 1.165) is 6.07 Å². The Kier molecular flexibility index (Phi) is 3.30. The van der Waals surface area contributed by atoms with Crippen LogP contribution in [0.2, 0.25) is 0 Å². The lowest BCUT2D eigenvalue weighted by Gasteiger charge is -2.07. The first-order valence-corrected chi connectivity index (χ1v) is 4.35. The van der Waals surface area contributed by atoms with E-state index >= 15 is 0 Å². The SMILES string of the molecule is COc1cc(C(=O)CCl)c(N)cc1F. The van der Waals surface area contributed by atoms with E-state index in [2.05, 4.69) is 0 Å². The summed E-state index contributed by atoms with van der Waals surface area (Å²) in [6, 6.07) is 2.29. The zero-order chi connectivity index (χ0) is 10.7. The van der Waals surface area contributed by atoms with Crippen molar-refractivity contribution in [2.24, 2.45) is 0 Å². The summed E-state index contributed by atoms with van der Waals surface area (Å²) in [5.74, 6) is -1.18. The maximum absolute atomic E-state index is 13.0. The van der Waals surface area contributed by atoms with Crippen molar-refractivity contribution in [2.45, 2.75) is 0 Å². The minimum absolute atomic E-state index is 0.0207. The van der Waals surface area contributed by atoms with Gasteiger partial charge in [0.15, 0.2) is 17.3 Å². The number of nitrogens with two attached hydrogens (primary N) is 1. The van der Waals surface area contributed by atoms with Gasteiger partial charge in [-0.25, -0.2) is 4.39 Å². The van der Waals surface area contributed by atoms with E-state index in [-0.39, 0.29) is 28.7 Å². The van der Waals surface area contributed by atoms with E-state index in [1.807, 2.05) is 0 Å². The molecule has 0 aromatic heterocycles. The molecule has 0 aliphatic heterocycles. The predicted octanol–water partition coefficient (Wildman–Crippen LogP) is 1.84. The maximum Gasteiger partial charge on any atom is 0.179 e. The largest absolute Gasteiger partial charge is 0.494 e. The molecule has 2 N–H and O–H groups in total. The lowest BCUT2D eigenvalue weighted by molar-refractivity contribution is 0.102. The van der Waals surface area contributed by atoms with Gasteiger partial charge in [-0.05, 0) is 6.07 Å². The Hall–Kier alpha value is -1.29. The average molecular weight is 218 g/mol. The summed E-state index contributed by atoms with van der Waals surface area (Å²) >= 11 is 5.35. The Labute approximate surface area is 85.6 Å². The normalized spacial score (nSPS) is 9.93. The number of benzene rings is 1. The highest BCUT2D eigenvalue weighted by Crippen LogP contribution is 2.24. The molecule has 1 aromatic carbocycles. The average Bonchev–Trinajstić information content (AvgIpc) is 2.17. The fourth-order valence-electron chi connectivity index (χ4n) is 1.04. The third-order valence-electron chi connectivity index (χ3n) is 1.75. The van der Waals surface area contributed by atoms with Gasteiger partial charge in [0, 0.05) is 17.3 Å². The van der Waals surface area contributed by atoms with Crippen LogP contribution in [0.4, 0.5) is 10.1 Å². The van der Waals surface area contributed by atoms with E-state index in [4.69, 9.17) is 22.1 Å². The molecule has 0 aliphatic carbocycles. The van der Waals surface area contributed by atoms with Crippen molar-refractivity contribution in [1.82, 2.24) is 0 Å². The first kappa shape index (κ1) is 10.8. The van der Waals surface area contributed by atoms with E-state index in [1.165, 1.54) is 13.2 Å². The lowest BCUT2D eigenvalue weighted by atomic mass is 10.1. The van der Waals surface area contributed by atoms with Crippen LogP contribution in [0.5, 0.6) is 5.75 Å². The minimum Gasteiger partial charge on any atom is -0.494 e. The Morgan fingerprint density at radius 2 is 2.29 bits per heavy atom. The van der Waals surface area contributed by atoms with Gasteiger partial charge in [0.05, 0.1) is 13.0 Å². The van der Waals surface area contributed by atoms with Gasteiger partial charge in [0.1, 0.15) is 0 Å². The minimum atomic E-state index is -0.601. The smallest absolute Gasteiger partial charge is 0.179 e. The van der Waals surface area contributed by atoms with E-state index in [1.54, 1.807) is 0 Å². The van der Waals surface area contributed by atoms with Gasteiger partial charge in [-0.15, -0.1) is 11.6 Å². The second-order valence-corrected chi connectivity index (χ2v) is 2.90. The highest BCUT2D eigenvalue weighted by molar-refractivity contribution is 6.31. The van der Waals surface area contributed by atoms with Crippen molar-refractivity contribution in [3.63, 3.8) is 0 Å². The standard InChI is InChI=1S/C9H9ClFNO2/c1-14-9-2-5(8(13)4-10)7(12)3-6(9)11/h2-3H,4,12H2,1H3. The first-order chi connectivity index (χ1) is 6.60. The molecule has 76 valence electrons. The Balaban J connectivity index is 3.24. The molecular weight excluding hydrogens is 209 g/mol. The highest BCUT2D eigenvalue weighted by atomic mass is 35.5. The summed E-state index contributed by atoms with van der Waals surface area (Å²) in [4.78, 5) is 11.2. The third-order valence-corrected chi connectivity index (χ3v) is 1.99. The third kappa shape index (κ3) is 1.96. The number of nitrogen functional groups attached to an aromatic ring is 1. The van der Waals surface area contributed by atoms with Gasteiger partial charge in [-0.1, -0.05) is 0 Å². The number of ether oxygens (including phenoxy) is 1. The molecule has 5 heteroatoms. The quantitative estimate of drug-likeness (QED) is 0.478. The molecule has 0 atom stereocenters. The lowest BCUT2D eigenvalue weighted by Crippen LogP contribution is -2.06. The Morgan fingerprint density at radius 3 is 2.79 bits per heavy atom. The van der Waals surface area contributed by atoms with Crippen LogP contribution in [0.15, 0.2) is 12.1 Å². The van der Waals surface area contributed by atoms with Crippen LogP contribution in [-0.4, -0.2) is 18.8 Å². The molecule has 0 unspecified atom stereocenters. The number of Topliss-reactive ketones (excluding diaryl/α,β-unsaturated/α-hetero) is 1. The van der Waals surface area contributed by atoms with Crippen LogP contribution in [0.3, 0.4) is 0 Å². The fourth-order valence-corrected chi connectivity index (χ4v) is 1.18. The molecule has 14 heavy (non-hydrogen) atoms. The van der Waals surface area contributed by atoms with E-state index in [9.17, 15) is 9.18 Å². The molecule has 0 aliphatic rings. The molecule has 0 radical (unpaired) electrons. The molecule has 0 fully saturated rings. The number of ketones is 1. The second-order valence-electron chi connectivity index (χ2n) is 2.63. The van der Waals surface area contributed by atoms with Crippen molar-refractivity contribution in [1.29, 1.82) is 0 Å². The van der Waals surface area contributed by atoms with Crippen LogP contribution in [0.1, 0.15) is 10.4 Å². The zero-order valence-electron chi connectivity index (χ0n) is 7.51. The van der Waals surface area contributed by atoms with Crippen molar-refractivity contribution in [3.8, 4) is 5.75 Å². The molecule has 1 aromatic rings. The molecule has 0 saturated carbocycles. The van der Waals surface area contributed by atoms with E-state index < -0.39 is 5.82 Å². The molecule has 1 rings (SSSR count). The molecule has 0 heterocycles. The van der Waals surface area contributed by atoms with Crippen LogP contribution in [0, 0.1) is 5.82 Å². The fraction of sp³-hybridized carbons (Fsp3) is 0.222.